The molecule has 36 heavy (non-hydrogen) atoms. The van der Waals surface area contributed by atoms with Crippen molar-refractivity contribution in [2.45, 2.75) is 46.1 Å². The molecule has 1 amide bonds. The maximum absolute atomic E-state index is 13.4. The van der Waals surface area contributed by atoms with Crippen LogP contribution in [-0.4, -0.2) is 53.9 Å². The number of carbonyl (C=O) groups is 2. The van der Waals surface area contributed by atoms with Gasteiger partial charge in [0.15, 0.2) is 5.65 Å². The fraction of sp³-hybridized carbons (Fsp3) is 0.444. The number of rotatable bonds is 5. The summed E-state index contributed by atoms with van der Waals surface area (Å²) in [6, 6.07) is 7.47. The molecule has 0 unspecified atom stereocenters. The number of hydrogen-bond donors (Lipinski definition) is 0. The third-order valence-corrected chi connectivity index (χ3v) is 6.60. The third-order valence-electron chi connectivity index (χ3n) is 6.17. The van der Waals surface area contributed by atoms with Gasteiger partial charge in [-0.3, -0.25) is 9.30 Å². The number of hydrogen-bond acceptors (Lipinski definition) is 6. The second kappa shape index (κ2) is 10.6. The van der Waals surface area contributed by atoms with Crippen molar-refractivity contribution in [2.24, 2.45) is 5.92 Å². The topological polar surface area (TPSA) is 82.4 Å². The number of pyridine rings is 1. The summed E-state index contributed by atoms with van der Waals surface area (Å²) in [5.74, 6) is -0.0726. The predicted octanol–water partition coefficient (Wildman–Crippen LogP) is 6.03. The quantitative estimate of drug-likeness (QED) is 0.356. The summed E-state index contributed by atoms with van der Waals surface area (Å²) in [6.07, 6.45) is 5.06. The number of carbonyl (C=O) groups excluding carboxylic acids is 2. The molecule has 0 saturated carbocycles. The number of anilines is 1. The van der Waals surface area contributed by atoms with Crippen molar-refractivity contribution in [3.05, 3.63) is 52.3 Å². The van der Waals surface area contributed by atoms with Crippen LogP contribution in [-0.2, 0) is 14.2 Å². The fourth-order valence-electron chi connectivity index (χ4n) is 4.39. The number of imidazole rings is 1. The van der Waals surface area contributed by atoms with E-state index in [1.54, 1.807) is 17.2 Å². The van der Waals surface area contributed by atoms with Crippen LogP contribution >= 0.6 is 15.9 Å². The summed E-state index contributed by atoms with van der Waals surface area (Å²) in [6.45, 7) is 9.36. The first-order valence-corrected chi connectivity index (χ1v) is 12.8. The molecular formula is C27H32BrN3O5. The molecular weight excluding hydrogens is 526 g/mol. The van der Waals surface area contributed by atoms with Crippen molar-refractivity contribution in [2.75, 3.05) is 31.8 Å². The zero-order valence-corrected chi connectivity index (χ0v) is 22.9. The minimum atomic E-state index is -0.632. The van der Waals surface area contributed by atoms with Gasteiger partial charge in [-0.2, -0.15) is 0 Å². The van der Waals surface area contributed by atoms with E-state index in [0.29, 0.717) is 42.6 Å². The number of aryl methyl sites for hydroxylation is 1. The van der Waals surface area contributed by atoms with Crippen LogP contribution in [0.2, 0.25) is 0 Å². The molecule has 3 heterocycles. The highest BCUT2D eigenvalue weighted by Crippen LogP contribution is 2.33. The number of ether oxygens (including phenoxy) is 3. The van der Waals surface area contributed by atoms with E-state index in [1.807, 2.05) is 56.5 Å². The van der Waals surface area contributed by atoms with Gasteiger partial charge < -0.3 is 14.2 Å². The Labute approximate surface area is 219 Å². The van der Waals surface area contributed by atoms with Crippen molar-refractivity contribution in [1.82, 2.24) is 9.38 Å². The number of fused-ring (bicyclic) bond motifs is 1. The molecule has 2 aromatic heterocycles. The van der Waals surface area contributed by atoms with Crippen molar-refractivity contribution in [3.8, 4) is 11.3 Å². The van der Waals surface area contributed by atoms with Crippen LogP contribution in [0.25, 0.3) is 16.9 Å². The highest BCUT2D eigenvalue weighted by molar-refractivity contribution is 9.10. The van der Waals surface area contributed by atoms with Gasteiger partial charge in [0.2, 0.25) is 0 Å². The van der Waals surface area contributed by atoms with E-state index < -0.39 is 11.7 Å². The first-order chi connectivity index (χ1) is 17.1. The fourth-order valence-corrected chi connectivity index (χ4v) is 4.81. The number of esters is 1. The Hall–Kier alpha value is -2.91. The van der Waals surface area contributed by atoms with E-state index >= 15 is 0 Å². The van der Waals surface area contributed by atoms with Gasteiger partial charge in [0, 0.05) is 36.0 Å². The van der Waals surface area contributed by atoms with Gasteiger partial charge in [0.1, 0.15) is 5.60 Å². The van der Waals surface area contributed by atoms with Crippen LogP contribution < -0.4 is 4.90 Å². The van der Waals surface area contributed by atoms with Gasteiger partial charge in [-0.05, 0) is 86.1 Å². The first-order valence-electron chi connectivity index (χ1n) is 12.0. The molecule has 0 bridgehead atoms. The summed E-state index contributed by atoms with van der Waals surface area (Å²) in [5.41, 5.74) is 3.73. The first kappa shape index (κ1) is 26.2. The smallest absolute Gasteiger partial charge is 0.414 e. The Morgan fingerprint density at radius 1 is 1.22 bits per heavy atom. The van der Waals surface area contributed by atoms with Gasteiger partial charge in [0.25, 0.3) is 0 Å². The molecule has 1 aliphatic heterocycles. The number of nitrogens with zero attached hydrogens (tertiary/aromatic N) is 3. The van der Waals surface area contributed by atoms with Crippen molar-refractivity contribution in [3.63, 3.8) is 0 Å². The highest BCUT2D eigenvalue weighted by atomic mass is 79.9. The lowest BCUT2D eigenvalue weighted by atomic mass is 9.99. The number of aromatic nitrogens is 2. The van der Waals surface area contributed by atoms with Crippen LogP contribution in [0, 0.1) is 12.8 Å². The molecule has 0 N–H and O–H groups in total. The van der Waals surface area contributed by atoms with E-state index in [1.165, 1.54) is 7.11 Å². The molecule has 4 rings (SSSR count). The Bertz CT molecular complexity index is 1270. The van der Waals surface area contributed by atoms with Crippen LogP contribution in [0.4, 0.5) is 10.5 Å². The minimum Gasteiger partial charge on any atom is -0.465 e. The Morgan fingerprint density at radius 2 is 1.94 bits per heavy atom. The number of methoxy groups -OCH3 is 1. The van der Waals surface area contributed by atoms with Gasteiger partial charge in [-0.25, -0.2) is 14.6 Å². The van der Waals surface area contributed by atoms with Crippen LogP contribution in [0.1, 0.15) is 49.5 Å². The standard InChI is InChI=1S/C27H32BrN3O5/c1-17-12-19(6-7-21(17)25(32)34-5)23-14-29-24-22(13-20(28)16-30(23)24)31(26(33)36-27(2,3)4)15-18-8-10-35-11-9-18/h6-7,12-14,16,18H,8-11,15H2,1-5H3. The van der Waals surface area contributed by atoms with Crippen LogP contribution in [0.5, 0.6) is 0 Å². The molecule has 0 spiro atoms. The summed E-state index contributed by atoms with van der Waals surface area (Å²) in [7, 11) is 1.37. The normalized spacial score (nSPS) is 14.6. The van der Waals surface area contributed by atoms with Crippen molar-refractivity contribution >= 4 is 39.3 Å². The van der Waals surface area contributed by atoms with Gasteiger partial charge >= 0.3 is 12.1 Å². The average molecular weight is 558 g/mol. The second-order valence-corrected chi connectivity index (χ2v) is 11.0. The van der Waals surface area contributed by atoms with E-state index in [2.05, 4.69) is 15.9 Å². The van der Waals surface area contributed by atoms with Crippen molar-refractivity contribution < 1.29 is 23.8 Å². The average Bonchev–Trinajstić information content (AvgIpc) is 3.25. The molecule has 1 saturated heterocycles. The molecule has 0 atom stereocenters. The molecule has 1 aliphatic rings. The maximum atomic E-state index is 13.4. The maximum Gasteiger partial charge on any atom is 0.414 e. The zero-order chi connectivity index (χ0) is 26.0. The Balaban J connectivity index is 1.78. The van der Waals surface area contributed by atoms with Gasteiger partial charge in [-0.1, -0.05) is 6.07 Å². The van der Waals surface area contributed by atoms with E-state index in [-0.39, 0.29) is 5.97 Å². The highest BCUT2D eigenvalue weighted by Gasteiger charge is 2.29. The SMILES string of the molecule is COC(=O)c1ccc(-c2cnc3c(N(CC4CCOCC4)C(=O)OC(C)(C)C)cc(Br)cn23)cc1C. The zero-order valence-electron chi connectivity index (χ0n) is 21.3. The molecule has 0 radical (unpaired) electrons. The van der Waals surface area contributed by atoms with Gasteiger partial charge in [-0.15, -0.1) is 0 Å². The summed E-state index contributed by atoms with van der Waals surface area (Å²) in [5, 5.41) is 0. The monoisotopic (exact) mass is 557 g/mol. The lowest BCUT2D eigenvalue weighted by Gasteiger charge is -2.32. The number of halogens is 1. The number of amides is 1. The molecule has 192 valence electrons. The summed E-state index contributed by atoms with van der Waals surface area (Å²) in [4.78, 5) is 31.9. The Morgan fingerprint density at radius 3 is 2.58 bits per heavy atom. The van der Waals surface area contributed by atoms with E-state index in [9.17, 15) is 9.59 Å². The van der Waals surface area contributed by atoms with E-state index in [4.69, 9.17) is 19.2 Å². The Kier molecular flexibility index (Phi) is 7.70. The van der Waals surface area contributed by atoms with E-state index in [0.717, 1.165) is 34.1 Å². The lowest BCUT2D eigenvalue weighted by Crippen LogP contribution is -2.41. The lowest BCUT2D eigenvalue weighted by molar-refractivity contribution is 0.0514. The predicted molar refractivity (Wildman–Crippen MR) is 142 cm³/mol. The molecule has 1 fully saturated rings. The van der Waals surface area contributed by atoms with Crippen LogP contribution in [0.3, 0.4) is 0 Å². The second-order valence-electron chi connectivity index (χ2n) is 10.0. The molecule has 8 nitrogen and oxygen atoms in total. The summed E-state index contributed by atoms with van der Waals surface area (Å²) >= 11 is 3.62. The molecule has 0 aliphatic carbocycles. The third kappa shape index (κ3) is 5.73. The minimum absolute atomic E-state index is 0.299. The van der Waals surface area contributed by atoms with Crippen LogP contribution in [0.15, 0.2) is 41.1 Å². The van der Waals surface area contributed by atoms with Gasteiger partial charge in [0.05, 0.1) is 30.3 Å². The molecule has 3 aromatic rings. The largest absolute Gasteiger partial charge is 0.465 e. The molecule has 9 heteroatoms. The number of benzene rings is 1. The molecule has 1 aromatic carbocycles. The van der Waals surface area contributed by atoms with Crippen molar-refractivity contribution in [1.29, 1.82) is 0 Å². The summed E-state index contributed by atoms with van der Waals surface area (Å²) < 4.78 is 18.9.